The van der Waals surface area contributed by atoms with E-state index in [0.29, 0.717) is 22.3 Å². The van der Waals surface area contributed by atoms with Crippen LogP contribution < -0.4 is 0 Å². The van der Waals surface area contributed by atoms with Crippen molar-refractivity contribution in [1.29, 1.82) is 0 Å². The van der Waals surface area contributed by atoms with Gasteiger partial charge in [-0.3, -0.25) is 0 Å². The number of aryl methyl sites for hydroxylation is 4. The van der Waals surface area contributed by atoms with E-state index in [1.165, 1.54) is 70.8 Å². The lowest BCUT2D eigenvalue weighted by molar-refractivity contribution is 0.447. The minimum absolute atomic E-state index is 0.00262. The number of halogens is 16. The van der Waals surface area contributed by atoms with Crippen molar-refractivity contribution in [2.45, 2.75) is 27.7 Å². The number of hydrogen-bond acceptors (Lipinski definition) is 0. The van der Waals surface area contributed by atoms with Gasteiger partial charge in [-0.05, 0) is 212 Å². The van der Waals surface area contributed by atoms with E-state index < -0.39 is 93.1 Å². The van der Waals surface area contributed by atoms with Crippen molar-refractivity contribution >= 4 is 0 Å². The molecule has 0 aliphatic heterocycles. The molecule has 0 aromatic heterocycles. The van der Waals surface area contributed by atoms with Crippen LogP contribution in [0.3, 0.4) is 0 Å². The van der Waals surface area contributed by atoms with E-state index in [9.17, 15) is 70.2 Å². The van der Waals surface area contributed by atoms with Crippen molar-refractivity contribution < 1.29 is 70.2 Å². The molecule has 0 N–H and O–H groups in total. The zero-order valence-electron chi connectivity index (χ0n) is 62.1. The zero-order valence-corrected chi connectivity index (χ0v) is 62.1. The summed E-state index contributed by atoms with van der Waals surface area (Å²) in [5.41, 5.74) is 18.8. The summed E-state index contributed by atoms with van der Waals surface area (Å²) >= 11 is 0. The molecule has 0 saturated carbocycles. The minimum Gasteiger partial charge on any atom is -0.206 e. The van der Waals surface area contributed by atoms with Gasteiger partial charge in [-0.2, -0.15) is 0 Å². The van der Waals surface area contributed by atoms with Crippen molar-refractivity contribution in [3.05, 3.63) is 431 Å². The van der Waals surface area contributed by atoms with Crippen LogP contribution in [0.15, 0.2) is 315 Å². The summed E-state index contributed by atoms with van der Waals surface area (Å²) < 4.78 is 219. The summed E-state index contributed by atoms with van der Waals surface area (Å²) in [6.45, 7) is 8.11. The molecule has 576 valence electrons. The van der Waals surface area contributed by atoms with Crippen LogP contribution in [0, 0.1) is 121 Å². The van der Waals surface area contributed by atoms with Gasteiger partial charge < -0.3 is 0 Å². The second-order valence-electron chi connectivity index (χ2n) is 27.6. The number of rotatable bonds is 12. The Kier molecular flexibility index (Phi) is 24.4. The Morgan fingerprint density at radius 2 is 0.216 bits per heavy atom. The molecule has 0 amide bonds. The van der Waals surface area contributed by atoms with Gasteiger partial charge in [-0.15, -0.1) is 0 Å². The molecule has 0 unspecified atom stereocenters. The Balaban J connectivity index is 0.000000135. The molecule has 0 heterocycles. The van der Waals surface area contributed by atoms with Gasteiger partial charge in [0.2, 0.25) is 0 Å². The molecule has 0 fully saturated rings. The van der Waals surface area contributed by atoms with Gasteiger partial charge in [0.25, 0.3) is 0 Å². The number of hydrogen-bond donors (Lipinski definition) is 0. The Morgan fingerprint density at radius 1 is 0.112 bits per heavy atom. The summed E-state index contributed by atoms with van der Waals surface area (Å²) in [7, 11) is 0. The molecule has 0 saturated heterocycles. The zero-order chi connectivity index (χ0) is 82.2. The standard InChI is InChI=1S/4C25H16F4/c4*1-15-2-4-16(5-3-15)17-6-8-18(9-7-17)19-10-11-21(22(26)12-19)20-13-23(27)25(29)24(28)14-20/h4*2-14H,1H3. The largest absolute Gasteiger partial charge is 0.206 e. The Hall–Kier alpha value is -13.6. The van der Waals surface area contributed by atoms with Crippen LogP contribution in [0.2, 0.25) is 0 Å². The average Bonchev–Trinajstić information content (AvgIpc) is 0.811. The second kappa shape index (κ2) is 35.2. The van der Waals surface area contributed by atoms with Gasteiger partial charge in [0.05, 0.1) is 0 Å². The highest BCUT2D eigenvalue weighted by Crippen LogP contribution is 2.38. The third-order valence-electron chi connectivity index (χ3n) is 19.5. The molecule has 0 aliphatic carbocycles. The van der Waals surface area contributed by atoms with Crippen molar-refractivity contribution in [3.8, 4) is 134 Å². The Morgan fingerprint density at radius 3 is 0.345 bits per heavy atom. The first-order chi connectivity index (χ1) is 55.7. The van der Waals surface area contributed by atoms with Crippen LogP contribution in [-0.2, 0) is 0 Å². The molecule has 0 bridgehead atoms. The van der Waals surface area contributed by atoms with Crippen molar-refractivity contribution in [2.24, 2.45) is 0 Å². The first kappa shape index (κ1) is 80.4. The van der Waals surface area contributed by atoms with Crippen molar-refractivity contribution in [2.75, 3.05) is 0 Å². The van der Waals surface area contributed by atoms with E-state index in [2.05, 4.69) is 0 Å². The Labute approximate surface area is 658 Å². The molecule has 116 heavy (non-hydrogen) atoms. The minimum atomic E-state index is -1.57. The van der Waals surface area contributed by atoms with Crippen LogP contribution in [0.4, 0.5) is 70.2 Å². The van der Waals surface area contributed by atoms with Crippen LogP contribution in [0.25, 0.3) is 134 Å². The molecule has 16 heteroatoms. The molecular weight excluding hydrogens is 1510 g/mol. The van der Waals surface area contributed by atoms with Crippen LogP contribution in [0.5, 0.6) is 0 Å². The van der Waals surface area contributed by atoms with Gasteiger partial charge in [-0.25, -0.2) is 70.2 Å². The summed E-state index contributed by atoms with van der Waals surface area (Å²) in [4.78, 5) is 0. The summed E-state index contributed by atoms with van der Waals surface area (Å²) in [5, 5.41) is 0. The fourth-order valence-electron chi connectivity index (χ4n) is 13.0. The summed E-state index contributed by atoms with van der Waals surface area (Å²) in [6, 6.07) is 87.3. The van der Waals surface area contributed by atoms with Gasteiger partial charge in [-0.1, -0.05) is 265 Å². The van der Waals surface area contributed by atoms with E-state index in [0.717, 1.165) is 115 Å². The lowest BCUT2D eigenvalue weighted by Gasteiger charge is -2.09. The van der Waals surface area contributed by atoms with Gasteiger partial charge in [0, 0.05) is 22.3 Å². The maximum Gasteiger partial charge on any atom is 0.194 e. The number of benzene rings is 16. The smallest absolute Gasteiger partial charge is 0.194 e. The van der Waals surface area contributed by atoms with Crippen LogP contribution in [-0.4, -0.2) is 0 Å². The van der Waals surface area contributed by atoms with E-state index in [1.54, 1.807) is 24.3 Å². The quantitative estimate of drug-likeness (QED) is 0.0845. The first-order valence-electron chi connectivity index (χ1n) is 36.2. The first-order valence-corrected chi connectivity index (χ1v) is 36.2. The summed E-state index contributed by atoms with van der Waals surface area (Å²) in [6.07, 6.45) is 0. The topological polar surface area (TPSA) is 0 Å². The van der Waals surface area contributed by atoms with Crippen molar-refractivity contribution in [3.63, 3.8) is 0 Å². The molecule has 0 nitrogen and oxygen atoms in total. The van der Waals surface area contributed by atoms with Gasteiger partial charge in [0.1, 0.15) is 23.3 Å². The monoisotopic (exact) mass is 1570 g/mol. The lowest BCUT2D eigenvalue weighted by Crippen LogP contribution is -1.94. The molecule has 0 spiro atoms. The molecule has 16 rings (SSSR count). The molecule has 16 aromatic carbocycles. The lowest BCUT2D eigenvalue weighted by atomic mass is 9.97. The van der Waals surface area contributed by atoms with Gasteiger partial charge in [0.15, 0.2) is 69.8 Å². The maximum atomic E-state index is 14.6. The fourth-order valence-corrected chi connectivity index (χ4v) is 13.0. The van der Waals surface area contributed by atoms with Crippen LogP contribution in [0.1, 0.15) is 22.3 Å². The average molecular weight is 1570 g/mol. The van der Waals surface area contributed by atoms with E-state index in [-0.39, 0.29) is 44.5 Å². The third kappa shape index (κ3) is 18.7. The molecular formula is C100H64F16. The highest BCUT2D eigenvalue weighted by Gasteiger charge is 2.21. The molecule has 0 atom stereocenters. The highest BCUT2D eigenvalue weighted by atomic mass is 19.2. The predicted octanol–water partition coefficient (Wildman–Crippen LogP) is 30.2. The predicted molar refractivity (Wildman–Crippen MR) is 429 cm³/mol. The van der Waals surface area contributed by atoms with Crippen molar-refractivity contribution in [1.82, 2.24) is 0 Å². The van der Waals surface area contributed by atoms with Gasteiger partial charge >= 0.3 is 0 Å². The molecule has 16 aromatic rings. The van der Waals surface area contributed by atoms with Crippen LogP contribution >= 0.6 is 0 Å². The Bertz CT molecular complexity index is 5380. The van der Waals surface area contributed by atoms with E-state index >= 15 is 0 Å². The second-order valence-corrected chi connectivity index (χ2v) is 27.6. The maximum absolute atomic E-state index is 14.6. The SMILES string of the molecule is Cc1ccc(-c2ccc(-c3ccc(-c4cc(F)c(F)c(F)c4)c(F)c3)cc2)cc1.Cc1ccc(-c2ccc(-c3ccc(-c4cc(F)c(F)c(F)c4)c(F)c3)cc2)cc1.Cc1ccc(-c2ccc(-c3ccc(-c4cc(F)c(F)c(F)c4)c(F)c3)cc2)cc1.Cc1ccc(-c2ccc(-c3ccc(-c4cc(F)c(F)c(F)c4)c(F)c3)cc2)cc1. The fraction of sp³-hybridized carbons (Fsp3) is 0.0400. The summed E-state index contributed by atoms with van der Waals surface area (Å²) in [5.74, 6) is -19.7. The third-order valence-corrected chi connectivity index (χ3v) is 19.5. The normalized spacial score (nSPS) is 10.9. The highest BCUT2D eigenvalue weighted by molar-refractivity contribution is 5.79. The van der Waals surface area contributed by atoms with E-state index in [4.69, 9.17) is 0 Å². The molecule has 0 radical (unpaired) electrons. The molecule has 0 aliphatic rings. The van der Waals surface area contributed by atoms with E-state index in [1.807, 2.05) is 222 Å².